The molecule has 0 radical (unpaired) electrons. The average molecular weight is 581 g/mol. The van der Waals surface area contributed by atoms with Crippen LogP contribution >= 0.6 is 34.8 Å². The van der Waals surface area contributed by atoms with Gasteiger partial charge in [0.25, 0.3) is 0 Å². The minimum absolute atomic E-state index is 0.0176. The van der Waals surface area contributed by atoms with Gasteiger partial charge in [-0.1, -0.05) is 61.6 Å². The number of rotatable bonds is 11. The number of carbonyl (C=O) groups excluding carboxylic acids is 2. The monoisotopic (exact) mass is 579 g/mol. The van der Waals surface area contributed by atoms with Crippen molar-refractivity contribution in [2.75, 3.05) is 23.7 Å². The number of amides is 2. The Balaban J connectivity index is 2.46. The first-order valence-electron chi connectivity index (χ1n) is 11.2. The van der Waals surface area contributed by atoms with E-state index in [2.05, 4.69) is 5.32 Å². The van der Waals surface area contributed by atoms with Crippen LogP contribution in [0.5, 0.6) is 0 Å². The van der Waals surface area contributed by atoms with E-state index in [9.17, 15) is 22.4 Å². The van der Waals surface area contributed by atoms with Crippen molar-refractivity contribution < 1.29 is 22.4 Å². The fraction of sp³-hybridized carbons (Fsp3) is 0.417. The molecule has 1 N–H and O–H groups in total. The molecule has 0 saturated carbocycles. The minimum Gasteiger partial charge on any atom is -0.354 e. The van der Waals surface area contributed by atoms with Crippen LogP contribution in [-0.2, 0) is 26.2 Å². The van der Waals surface area contributed by atoms with Crippen LogP contribution in [0.2, 0.25) is 15.1 Å². The summed E-state index contributed by atoms with van der Waals surface area (Å²) in [6.45, 7) is 5.40. The molecule has 1 unspecified atom stereocenters. The van der Waals surface area contributed by atoms with Gasteiger partial charge in [-0.05, 0) is 48.2 Å². The zero-order valence-corrected chi connectivity index (χ0v) is 23.5. The Kier molecular flexibility index (Phi) is 10.8. The lowest BCUT2D eigenvalue weighted by Crippen LogP contribution is -2.52. The molecule has 12 heteroatoms. The lowest BCUT2D eigenvalue weighted by Gasteiger charge is -2.33. The Morgan fingerprint density at radius 2 is 1.69 bits per heavy atom. The summed E-state index contributed by atoms with van der Waals surface area (Å²) in [6, 6.07) is 7.29. The smallest absolute Gasteiger partial charge is 0.244 e. The maximum absolute atomic E-state index is 13.7. The van der Waals surface area contributed by atoms with Crippen LogP contribution in [0.3, 0.4) is 0 Å². The molecule has 0 fully saturated rings. The van der Waals surface area contributed by atoms with Gasteiger partial charge in [-0.2, -0.15) is 0 Å². The number of benzene rings is 2. The molecule has 36 heavy (non-hydrogen) atoms. The van der Waals surface area contributed by atoms with Gasteiger partial charge in [0.1, 0.15) is 18.4 Å². The lowest BCUT2D eigenvalue weighted by atomic mass is 10.1. The Bertz CT molecular complexity index is 1210. The SMILES string of the molecule is CCC(C(=O)NCC(C)C)N(Cc1ccc(Cl)c(Cl)c1)C(=O)CN(c1ccc(F)c(Cl)c1)S(C)(=O)=O. The minimum atomic E-state index is -3.97. The van der Waals surface area contributed by atoms with Crippen molar-refractivity contribution >= 4 is 62.3 Å². The molecule has 2 rings (SSSR count). The molecule has 2 amide bonds. The van der Waals surface area contributed by atoms with Gasteiger partial charge in [-0.25, -0.2) is 12.8 Å². The Hall–Kier alpha value is -2.07. The van der Waals surface area contributed by atoms with Crippen LogP contribution in [0.25, 0.3) is 0 Å². The summed E-state index contributed by atoms with van der Waals surface area (Å²) < 4.78 is 39.7. The van der Waals surface area contributed by atoms with Crippen molar-refractivity contribution in [2.45, 2.75) is 39.8 Å². The number of hydrogen-bond donors (Lipinski definition) is 1. The largest absolute Gasteiger partial charge is 0.354 e. The van der Waals surface area contributed by atoms with Crippen LogP contribution in [0.1, 0.15) is 32.8 Å². The highest BCUT2D eigenvalue weighted by atomic mass is 35.5. The van der Waals surface area contributed by atoms with Gasteiger partial charge >= 0.3 is 0 Å². The van der Waals surface area contributed by atoms with Crippen LogP contribution in [0, 0.1) is 11.7 Å². The second-order valence-corrected chi connectivity index (χ2v) is 11.8. The second-order valence-electron chi connectivity index (χ2n) is 8.70. The molecule has 2 aromatic carbocycles. The molecule has 1 atom stereocenters. The van der Waals surface area contributed by atoms with Gasteiger partial charge in [-0.15, -0.1) is 0 Å². The molecule has 7 nitrogen and oxygen atoms in total. The Morgan fingerprint density at radius 3 is 2.22 bits per heavy atom. The fourth-order valence-electron chi connectivity index (χ4n) is 3.43. The first-order valence-corrected chi connectivity index (χ1v) is 14.2. The van der Waals surface area contributed by atoms with Crippen molar-refractivity contribution in [1.29, 1.82) is 0 Å². The van der Waals surface area contributed by atoms with Crippen molar-refractivity contribution in [1.82, 2.24) is 10.2 Å². The predicted molar refractivity (Wildman–Crippen MR) is 143 cm³/mol. The molecule has 0 aliphatic carbocycles. The van der Waals surface area contributed by atoms with Crippen molar-refractivity contribution in [3.63, 3.8) is 0 Å². The summed E-state index contributed by atoms with van der Waals surface area (Å²) in [7, 11) is -3.97. The summed E-state index contributed by atoms with van der Waals surface area (Å²) in [4.78, 5) is 27.9. The highest BCUT2D eigenvalue weighted by Crippen LogP contribution is 2.26. The Morgan fingerprint density at radius 1 is 1.03 bits per heavy atom. The zero-order valence-electron chi connectivity index (χ0n) is 20.4. The molecule has 0 bridgehead atoms. The first kappa shape index (κ1) is 30.2. The van der Waals surface area contributed by atoms with E-state index >= 15 is 0 Å². The summed E-state index contributed by atoms with van der Waals surface area (Å²) in [5.41, 5.74) is 0.618. The Labute approximate surface area is 226 Å². The third-order valence-electron chi connectivity index (χ3n) is 5.28. The number of nitrogens with one attached hydrogen (secondary N) is 1. The van der Waals surface area contributed by atoms with E-state index in [1.165, 1.54) is 11.0 Å². The maximum atomic E-state index is 13.7. The molecule has 0 aliphatic heterocycles. The van der Waals surface area contributed by atoms with Gasteiger partial charge in [0.2, 0.25) is 21.8 Å². The molecule has 0 saturated heterocycles. The lowest BCUT2D eigenvalue weighted by molar-refractivity contribution is -0.140. The summed E-state index contributed by atoms with van der Waals surface area (Å²) in [6.07, 6.45) is 1.20. The quantitative estimate of drug-likeness (QED) is 0.399. The predicted octanol–water partition coefficient (Wildman–Crippen LogP) is 5.13. The van der Waals surface area contributed by atoms with E-state index in [-0.39, 0.29) is 40.5 Å². The first-order chi connectivity index (χ1) is 16.7. The molecule has 2 aromatic rings. The summed E-state index contributed by atoms with van der Waals surface area (Å²) in [5.74, 6) is -1.54. The molecule has 0 heterocycles. The summed E-state index contributed by atoms with van der Waals surface area (Å²) in [5, 5.41) is 3.15. The fourth-order valence-corrected chi connectivity index (χ4v) is 4.77. The van der Waals surface area contributed by atoms with Crippen molar-refractivity contribution in [2.24, 2.45) is 5.92 Å². The van der Waals surface area contributed by atoms with E-state index in [4.69, 9.17) is 34.8 Å². The van der Waals surface area contributed by atoms with Gasteiger partial charge in [-0.3, -0.25) is 13.9 Å². The summed E-state index contributed by atoms with van der Waals surface area (Å²) >= 11 is 18.0. The van der Waals surface area contributed by atoms with E-state index in [0.717, 1.165) is 22.7 Å². The van der Waals surface area contributed by atoms with Gasteiger partial charge in [0.15, 0.2) is 0 Å². The number of nitrogens with zero attached hydrogens (tertiary/aromatic N) is 2. The van der Waals surface area contributed by atoms with E-state index < -0.39 is 34.3 Å². The van der Waals surface area contributed by atoms with Crippen molar-refractivity contribution in [3.8, 4) is 0 Å². The maximum Gasteiger partial charge on any atom is 0.244 e. The molecular weight excluding hydrogens is 552 g/mol. The number of halogens is 4. The van der Waals surface area contributed by atoms with Gasteiger partial charge < -0.3 is 10.2 Å². The molecule has 0 aromatic heterocycles. The zero-order chi connectivity index (χ0) is 27.2. The van der Waals surface area contributed by atoms with E-state index in [1.54, 1.807) is 25.1 Å². The molecular formula is C24H29Cl3FN3O4S. The third kappa shape index (κ3) is 8.23. The van der Waals surface area contributed by atoms with Crippen LogP contribution in [-0.4, -0.2) is 50.5 Å². The third-order valence-corrected chi connectivity index (χ3v) is 7.45. The molecule has 0 spiro atoms. The second kappa shape index (κ2) is 12.9. The highest BCUT2D eigenvalue weighted by Gasteiger charge is 2.32. The highest BCUT2D eigenvalue weighted by molar-refractivity contribution is 7.92. The van der Waals surface area contributed by atoms with Crippen LogP contribution in [0.4, 0.5) is 10.1 Å². The number of hydrogen-bond acceptors (Lipinski definition) is 4. The molecule has 0 aliphatic rings. The number of carbonyl (C=O) groups is 2. The van der Waals surface area contributed by atoms with E-state index in [0.29, 0.717) is 17.1 Å². The number of sulfonamides is 1. The normalized spacial score (nSPS) is 12.4. The standard InChI is InChI=1S/C24H29Cl3FN3O4S/c1-5-22(24(33)29-12-15(2)3)30(13-16-6-8-18(25)19(26)10-16)23(32)14-31(36(4,34)35)17-7-9-21(28)20(27)11-17/h6-11,15,22H,5,12-14H2,1-4H3,(H,29,33). The number of anilines is 1. The van der Waals surface area contributed by atoms with Gasteiger partial charge in [0.05, 0.1) is 27.0 Å². The van der Waals surface area contributed by atoms with Gasteiger partial charge in [0, 0.05) is 13.1 Å². The van der Waals surface area contributed by atoms with Crippen LogP contribution in [0.15, 0.2) is 36.4 Å². The topological polar surface area (TPSA) is 86.8 Å². The van der Waals surface area contributed by atoms with E-state index in [1.807, 2.05) is 13.8 Å². The van der Waals surface area contributed by atoms with Crippen LogP contribution < -0.4 is 9.62 Å². The molecule has 198 valence electrons. The average Bonchev–Trinajstić information content (AvgIpc) is 2.79. The van der Waals surface area contributed by atoms with Crippen molar-refractivity contribution in [3.05, 3.63) is 62.8 Å².